The first-order chi connectivity index (χ1) is 10.3. The van der Waals surface area contributed by atoms with E-state index < -0.39 is 0 Å². The van der Waals surface area contributed by atoms with E-state index in [-0.39, 0.29) is 5.95 Å². The van der Waals surface area contributed by atoms with E-state index in [9.17, 15) is 0 Å². The van der Waals surface area contributed by atoms with Gasteiger partial charge in [-0.15, -0.1) is 0 Å². The molecule has 0 aliphatic rings. The molecule has 3 rings (SSSR count). The van der Waals surface area contributed by atoms with Gasteiger partial charge in [-0.1, -0.05) is 25.5 Å². The zero-order chi connectivity index (χ0) is 14.7. The molecule has 2 heterocycles. The van der Waals surface area contributed by atoms with Gasteiger partial charge in [-0.3, -0.25) is 0 Å². The Morgan fingerprint density at radius 3 is 2.76 bits per heavy atom. The second kappa shape index (κ2) is 5.78. The van der Waals surface area contributed by atoms with E-state index in [0.29, 0.717) is 22.8 Å². The molecule has 0 aliphatic carbocycles. The van der Waals surface area contributed by atoms with Crippen LogP contribution in [0.2, 0.25) is 0 Å². The Kier molecular flexibility index (Phi) is 3.68. The van der Waals surface area contributed by atoms with Crippen molar-refractivity contribution < 1.29 is 4.74 Å². The van der Waals surface area contributed by atoms with Crippen LogP contribution < -0.4 is 10.5 Å². The number of benzene rings is 1. The van der Waals surface area contributed by atoms with Crippen LogP contribution in [-0.4, -0.2) is 19.9 Å². The lowest BCUT2D eigenvalue weighted by Crippen LogP contribution is -1.98. The molecule has 0 spiro atoms. The van der Waals surface area contributed by atoms with Gasteiger partial charge < -0.3 is 15.5 Å². The van der Waals surface area contributed by atoms with Gasteiger partial charge in [0, 0.05) is 0 Å². The molecule has 0 saturated heterocycles. The van der Waals surface area contributed by atoms with Crippen molar-refractivity contribution in [1.82, 2.24) is 19.9 Å². The third kappa shape index (κ3) is 2.94. The summed E-state index contributed by atoms with van der Waals surface area (Å²) in [5, 5.41) is 0. The van der Waals surface area contributed by atoms with Gasteiger partial charge in [-0.25, -0.2) is 4.98 Å². The minimum atomic E-state index is 0.143. The standard InChI is InChI=1S/C15H17N5O/c1-2-3-4-10-5-7-11(8-6-10)21-14-12-13(18-9-17-12)19-15(16)20-14/h5-9H,2-4H2,1H3,(H3,16,17,18,19,20). The SMILES string of the molecule is CCCCc1ccc(Oc2nc(N)nc3nc[nH]c23)cc1. The predicted molar refractivity (Wildman–Crippen MR) is 81.2 cm³/mol. The summed E-state index contributed by atoms with van der Waals surface area (Å²) in [5.41, 5.74) is 8.10. The molecule has 0 fully saturated rings. The number of hydrogen-bond acceptors (Lipinski definition) is 5. The summed E-state index contributed by atoms with van der Waals surface area (Å²) in [6.45, 7) is 2.19. The average molecular weight is 283 g/mol. The van der Waals surface area contributed by atoms with Crippen LogP contribution in [-0.2, 0) is 6.42 Å². The molecule has 0 bridgehead atoms. The highest BCUT2D eigenvalue weighted by Crippen LogP contribution is 2.26. The average Bonchev–Trinajstić information content (AvgIpc) is 2.95. The molecule has 1 aromatic carbocycles. The summed E-state index contributed by atoms with van der Waals surface area (Å²) in [7, 11) is 0. The smallest absolute Gasteiger partial charge is 0.250 e. The zero-order valence-electron chi connectivity index (χ0n) is 11.8. The van der Waals surface area contributed by atoms with Gasteiger partial charge in [-0.05, 0) is 30.5 Å². The number of aromatic amines is 1. The fraction of sp³-hybridized carbons (Fsp3) is 0.267. The Hall–Kier alpha value is -2.63. The van der Waals surface area contributed by atoms with Crippen LogP contribution in [0, 0.1) is 0 Å². The molecule has 6 heteroatoms. The summed E-state index contributed by atoms with van der Waals surface area (Å²) in [5.74, 6) is 1.24. The van der Waals surface area contributed by atoms with Gasteiger partial charge in [0.2, 0.25) is 5.95 Å². The third-order valence-electron chi connectivity index (χ3n) is 3.23. The highest BCUT2D eigenvalue weighted by molar-refractivity contribution is 5.77. The van der Waals surface area contributed by atoms with Crippen LogP contribution in [0.3, 0.4) is 0 Å². The van der Waals surface area contributed by atoms with Gasteiger partial charge in [0.05, 0.1) is 6.33 Å². The number of hydrogen-bond donors (Lipinski definition) is 2. The van der Waals surface area contributed by atoms with Gasteiger partial charge in [0.25, 0.3) is 5.88 Å². The number of nitrogens with two attached hydrogens (primary N) is 1. The predicted octanol–water partition coefficient (Wildman–Crippen LogP) is 3.07. The Labute approximate surface area is 122 Å². The molecule has 21 heavy (non-hydrogen) atoms. The fourth-order valence-corrected chi connectivity index (χ4v) is 2.11. The molecule has 0 atom stereocenters. The first-order valence-electron chi connectivity index (χ1n) is 6.99. The van der Waals surface area contributed by atoms with Crippen molar-refractivity contribution in [3.63, 3.8) is 0 Å². The molecule has 6 nitrogen and oxygen atoms in total. The van der Waals surface area contributed by atoms with E-state index >= 15 is 0 Å². The van der Waals surface area contributed by atoms with E-state index in [2.05, 4.69) is 39.0 Å². The van der Waals surface area contributed by atoms with E-state index in [4.69, 9.17) is 10.5 Å². The number of ether oxygens (including phenoxy) is 1. The summed E-state index contributed by atoms with van der Waals surface area (Å²) in [6.07, 6.45) is 5.01. The van der Waals surface area contributed by atoms with Crippen molar-refractivity contribution >= 4 is 17.1 Å². The Morgan fingerprint density at radius 2 is 2.00 bits per heavy atom. The van der Waals surface area contributed by atoms with Crippen LogP contribution in [0.4, 0.5) is 5.95 Å². The number of imidazole rings is 1. The number of nitrogen functional groups attached to an aromatic ring is 1. The molecule has 0 unspecified atom stereocenters. The number of nitrogens with zero attached hydrogens (tertiary/aromatic N) is 3. The number of aromatic nitrogens is 4. The molecule has 0 aliphatic heterocycles. The first kappa shape index (κ1) is 13.4. The van der Waals surface area contributed by atoms with Gasteiger partial charge in [0.15, 0.2) is 5.65 Å². The van der Waals surface area contributed by atoms with Gasteiger partial charge in [0.1, 0.15) is 11.3 Å². The lowest BCUT2D eigenvalue weighted by molar-refractivity contribution is 0.468. The minimum absolute atomic E-state index is 0.143. The largest absolute Gasteiger partial charge is 0.437 e. The highest BCUT2D eigenvalue weighted by Gasteiger charge is 2.10. The molecular weight excluding hydrogens is 266 g/mol. The van der Waals surface area contributed by atoms with E-state index in [1.165, 1.54) is 18.4 Å². The maximum atomic E-state index is 5.79. The summed E-state index contributed by atoms with van der Waals surface area (Å²) in [4.78, 5) is 15.2. The first-order valence-corrected chi connectivity index (χ1v) is 6.99. The zero-order valence-corrected chi connectivity index (χ0v) is 11.8. The monoisotopic (exact) mass is 283 g/mol. The number of nitrogens with one attached hydrogen (secondary N) is 1. The van der Waals surface area contributed by atoms with Crippen molar-refractivity contribution in [2.45, 2.75) is 26.2 Å². The molecule has 108 valence electrons. The van der Waals surface area contributed by atoms with Crippen LogP contribution in [0.5, 0.6) is 11.6 Å². The fourth-order valence-electron chi connectivity index (χ4n) is 2.11. The quantitative estimate of drug-likeness (QED) is 0.751. The normalized spacial score (nSPS) is 10.9. The molecule has 0 amide bonds. The maximum absolute atomic E-state index is 5.79. The molecular formula is C15H17N5O. The minimum Gasteiger partial charge on any atom is -0.437 e. The molecule has 3 N–H and O–H groups in total. The lowest BCUT2D eigenvalue weighted by Gasteiger charge is -2.07. The van der Waals surface area contributed by atoms with Crippen molar-refractivity contribution in [1.29, 1.82) is 0 Å². The van der Waals surface area contributed by atoms with Gasteiger partial charge >= 0.3 is 0 Å². The van der Waals surface area contributed by atoms with Crippen molar-refractivity contribution in [2.24, 2.45) is 0 Å². The van der Waals surface area contributed by atoms with E-state index in [0.717, 1.165) is 6.42 Å². The second-order valence-electron chi connectivity index (χ2n) is 4.84. The summed E-state index contributed by atoms with van der Waals surface area (Å²) < 4.78 is 5.79. The van der Waals surface area contributed by atoms with Crippen molar-refractivity contribution in [3.05, 3.63) is 36.2 Å². The maximum Gasteiger partial charge on any atom is 0.250 e. The Morgan fingerprint density at radius 1 is 1.19 bits per heavy atom. The highest BCUT2D eigenvalue weighted by atomic mass is 16.5. The van der Waals surface area contributed by atoms with Crippen molar-refractivity contribution in [3.8, 4) is 11.6 Å². The number of fused-ring (bicyclic) bond motifs is 1. The van der Waals surface area contributed by atoms with E-state index in [1.54, 1.807) is 6.33 Å². The molecule has 2 aromatic heterocycles. The number of aryl methyl sites for hydroxylation is 1. The third-order valence-corrected chi connectivity index (χ3v) is 3.23. The van der Waals surface area contributed by atoms with Crippen LogP contribution >= 0.6 is 0 Å². The summed E-state index contributed by atoms with van der Waals surface area (Å²) >= 11 is 0. The van der Waals surface area contributed by atoms with Crippen LogP contribution in [0.25, 0.3) is 11.2 Å². The second-order valence-corrected chi connectivity index (χ2v) is 4.84. The number of H-pyrrole nitrogens is 1. The topological polar surface area (TPSA) is 89.7 Å². The lowest BCUT2D eigenvalue weighted by atomic mass is 10.1. The number of rotatable bonds is 5. The van der Waals surface area contributed by atoms with Crippen LogP contribution in [0.1, 0.15) is 25.3 Å². The molecule has 3 aromatic rings. The Balaban J connectivity index is 1.83. The molecule has 0 radical (unpaired) electrons. The van der Waals surface area contributed by atoms with E-state index in [1.807, 2.05) is 12.1 Å². The van der Waals surface area contributed by atoms with Gasteiger partial charge in [-0.2, -0.15) is 9.97 Å². The van der Waals surface area contributed by atoms with Crippen molar-refractivity contribution in [2.75, 3.05) is 5.73 Å². The number of anilines is 1. The molecule has 0 saturated carbocycles. The number of unbranched alkanes of at least 4 members (excludes halogenated alkanes) is 1. The Bertz CT molecular complexity index is 735. The summed E-state index contributed by atoms with van der Waals surface area (Å²) in [6, 6.07) is 8.01. The van der Waals surface area contributed by atoms with Crippen LogP contribution in [0.15, 0.2) is 30.6 Å².